The van der Waals surface area contributed by atoms with Gasteiger partial charge in [-0.3, -0.25) is 4.57 Å². The molecule has 0 unspecified atom stereocenters. The van der Waals surface area contributed by atoms with Crippen LogP contribution in [0.5, 0.6) is 0 Å². The van der Waals surface area contributed by atoms with E-state index in [0.29, 0.717) is 0 Å². The highest BCUT2D eigenvalue weighted by Gasteiger charge is 2.30. The van der Waals surface area contributed by atoms with E-state index in [9.17, 15) is 4.57 Å². The molecule has 1 aliphatic carbocycles. The fourth-order valence-corrected chi connectivity index (χ4v) is 6.79. The summed E-state index contributed by atoms with van der Waals surface area (Å²) in [4.78, 5) is 0. The molecule has 0 aliphatic heterocycles. The summed E-state index contributed by atoms with van der Waals surface area (Å²) < 4.78 is 19.6. The molecule has 0 spiro atoms. The lowest BCUT2D eigenvalue weighted by Crippen LogP contribution is -2.17. The van der Waals surface area contributed by atoms with E-state index in [-0.39, 0.29) is 0 Å². The van der Waals surface area contributed by atoms with Crippen LogP contribution >= 0.6 is 7.29 Å². The SMILES string of the molecule is Cc1cc(C)cc(P(=O)(/N=C2\CCc3ccccc32)c2cc(C)cc(C)c2)c1. The molecule has 28 heavy (non-hydrogen) atoms. The zero-order chi connectivity index (χ0) is 19.9. The minimum atomic E-state index is -3.15. The lowest BCUT2D eigenvalue weighted by Gasteiger charge is -2.18. The highest BCUT2D eigenvalue weighted by molar-refractivity contribution is 7.77. The lowest BCUT2D eigenvalue weighted by molar-refractivity contribution is 0.588. The molecule has 0 fully saturated rings. The Labute approximate surface area is 167 Å². The first-order chi connectivity index (χ1) is 13.3. The normalized spacial score (nSPS) is 15.1. The minimum absolute atomic E-state index is 0.826. The Hall–Kier alpha value is -2.44. The van der Waals surface area contributed by atoms with E-state index in [2.05, 4.69) is 58.0 Å². The van der Waals surface area contributed by atoms with Crippen molar-refractivity contribution in [1.82, 2.24) is 0 Å². The van der Waals surface area contributed by atoms with Crippen molar-refractivity contribution in [1.29, 1.82) is 0 Å². The van der Waals surface area contributed by atoms with Crippen LogP contribution in [0.3, 0.4) is 0 Å². The summed E-state index contributed by atoms with van der Waals surface area (Å²) in [6, 6.07) is 20.7. The molecule has 0 amide bonds. The molecule has 3 heteroatoms. The van der Waals surface area contributed by atoms with Crippen molar-refractivity contribution in [2.24, 2.45) is 4.76 Å². The van der Waals surface area contributed by atoms with Crippen molar-refractivity contribution in [3.8, 4) is 0 Å². The first kappa shape index (κ1) is 18.9. The van der Waals surface area contributed by atoms with Crippen molar-refractivity contribution in [3.05, 3.63) is 94.0 Å². The summed E-state index contributed by atoms with van der Waals surface area (Å²) >= 11 is 0. The molecule has 0 heterocycles. The molecular weight excluding hydrogens is 361 g/mol. The maximum atomic E-state index is 14.6. The van der Waals surface area contributed by atoms with Gasteiger partial charge >= 0.3 is 0 Å². The van der Waals surface area contributed by atoms with Gasteiger partial charge in [0.2, 0.25) is 7.29 Å². The highest BCUT2D eigenvalue weighted by atomic mass is 31.2. The van der Waals surface area contributed by atoms with E-state index in [1.165, 1.54) is 5.56 Å². The first-order valence-electron chi connectivity index (χ1n) is 9.80. The van der Waals surface area contributed by atoms with Gasteiger partial charge in [0.1, 0.15) is 0 Å². The first-order valence-corrected chi connectivity index (χ1v) is 11.5. The van der Waals surface area contributed by atoms with Crippen LogP contribution in [0.25, 0.3) is 0 Å². The summed E-state index contributed by atoms with van der Waals surface area (Å²) in [5, 5.41) is 1.65. The topological polar surface area (TPSA) is 29.4 Å². The summed E-state index contributed by atoms with van der Waals surface area (Å²) in [7, 11) is -3.15. The van der Waals surface area contributed by atoms with Crippen molar-refractivity contribution in [3.63, 3.8) is 0 Å². The van der Waals surface area contributed by atoms with Gasteiger partial charge in [-0.2, -0.15) is 0 Å². The van der Waals surface area contributed by atoms with Crippen LogP contribution in [-0.2, 0) is 11.0 Å². The summed E-state index contributed by atoms with van der Waals surface area (Å²) in [6.45, 7) is 8.22. The second kappa shape index (κ2) is 7.18. The fraction of sp³-hybridized carbons (Fsp3) is 0.240. The lowest BCUT2D eigenvalue weighted by atomic mass is 10.1. The Balaban J connectivity index is 1.97. The van der Waals surface area contributed by atoms with E-state index in [1.807, 2.05) is 30.3 Å². The molecule has 3 aromatic carbocycles. The largest absolute Gasteiger partial charge is 0.288 e. The number of hydrogen-bond donors (Lipinski definition) is 0. The standard InChI is InChI=1S/C25H26NOP/c1-17-11-18(2)14-22(13-17)28(27,23-15-19(3)12-20(4)16-23)26-25-10-9-21-7-5-6-8-24(21)25/h5-8,11-16H,9-10H2,1-4H3/b26-25+. The average molecular weight is 387 g/mol. The van der Waals surface area contributed by atoms with Crippen molar-refractivity contribution < 1.29 is 4.57 Å². The highest BCUT2D eigenvalue weighted by Crippen LogP contribution is 2.47. The van der Waals surface area contributed by atoms with Gasteiger partial charge < -0.3 is 0 Å². The van der Waals surface area contributed by atoms with E-state index in [1.54, 1.807) is 0 Å². The molecule has 0 radical (unpaired) electrons. The van der Waals surface area contributed by atoms with Gasteiger partial charge in [0.25, 0.3) is 0 Å². The summed E-state index contributed by atoms with van der Waals surface area (Å²) in [6.07, 6.45) is 1.81. The molecule has 142 valence electrons. The third-order valence-electron chi connectivity index (χ3n) is 5.33. The van der Waals surface area contributed by atoms with Crippen LogP contribution < -0.4 is 10.6 Å². The van der Waals surface area contributed by atoms with Crippen LogP contribution in [-0.4, -0.2) is 5.71 Å². The van der Waals surface area contributed by atoms with E-state index < -0.39 is 7.29 Å². The van der Waals surface area contributed by atoms with E-state index in [4.69, 9.17) is 4.76 Å². The Morgan fingerprint density at radius 2 is 1.21 bits per heavy atom. The number of hydrogen-bond acceptors (Lipinski definition) is 1. The quantitative estimate of drug-likeness (QED) is 0.539. The predicted molar refractivity (Wildman–Crippen MR) is 120 cm³/mol. The Kier molecular flexibility index (Phi) is 4.85. The van der Waals surface area contributed by atoms with Gasteiger partial charge in [-0.05, 0) is 75.9 Å². The summed E-state index contributed by atoms with van der Waals surface area (Å²) in [5.41, 5.74) is 7.89. The van der Waals surface area contributed by atoms with Crippen molar-refractivity contribution in [2.75, 3.05) is 0 Å². The number of fused-ring (bicyclic) bond motifs is 1. The third kappa shape index (κ3) is 3.50. The average Bonchev–Trinajstić information content (AvgIpc) is 3.03. The van der Waals surface area contributed by atoms with Gasteiger partial charge in [-0.1, -0.05) is 58.7 Å². The Morgan fingerprint density at radius 3 is 1.75 bits per heavy atom. The van der Waals surface area contributed by atoms with Crippen LogP contribution in [0.4, 0.5) is 0 Å². The maximum absolute atomic E-state index is 14.6. The number of aryl methyl sites for hydroxylation is 5. The smallest absolute Gasteiger partial charge is 0.247 e. The predicted octanol–water partition coefficient (Wildman–Crippen LogP) is 5.58. The van der Waals surface area contributed by atoms with Gasteiger partial charge in [-0.25, -0.2) is 4.76 Å². The maximum Gasteiger partial charge on any atom is 0.247 e. The zero-order valence-corrected chi connectivity index (χ0v) is 17.9. The molecule has 0 saturated heterocycles. The molecule has 0 bridgehead atoms. The number of rotatable bonds is 3. The number of benzene rings is 3. The van der Waals surface area contributed by atoms with Crippen LogP contribution in [0.2, 0.25) is 0 Å². The Morgan fingerprint density at radius 1 is 0.714 bits per heavy atom. The van der Waals surface area contributed by atoms with E-state index >= 15 is 0 Å². The molecule has 1 aliphatic rings. The van der Waals surface area contributed by atoms with E-state index in [0.717, 1.165) is 57.0 Å². The fourth-order valence-electron chi connectivity index (χ4n) is 4.20. The van der Waals surface area contributed by atoms with Crippen molar-refractivity contribution in [2.45, 2.75) is 40.5 Å². The van der Waals surface area contributed by atoms with Gasteiger partial charge in [-0.15, -0.1) is 0 Å². The molecule has 2 nitrogen and oxygen atoms in total. The van der Waals surface area contributed by atoms with Crippen LogP contribution in [0, 0.1) is 27.7 Å². The monoisotopic (exact) mass is 387 g/mol. The molecule has 3 aromatic rings. The zero-order valence-electron chi connectivity index (χ0n) is 17.0. The molecule has 0 N–H and O–H groups in total. The molecule has 0 saturated carbocycles. The van der Waals surface area contributed by atoms with Crippen LogP contribution in [0.1, 0.15) is 39.8 Å². The van der Waals surface area contributed by atoms with Gasteiger partial charge in [0.05, 0.1) is 5.71 Å². The molecular formula is C25H26NOP. The molecule has 4 rings (SSSR count). The van der Waals surface area contributed by atoms with Gasteiger partial charge in [0, 0.05) is 10.6 Å². The van der Waals surface area contributed by atoms with Crippen LogP contribution in [0.15, 0.2) is 65.4 Å². The Bertz CT molecular complexity index is 1050. The molecule has 0 aromatic heterocycles. The van der Waals surface area contributed by atoms with Crippen molar-refractivity contribution >= 4 is 23.6 Å². The summed E-state index contributed by atoms with van der Waals surface area (Å²) in [5.74, 6) is 0. The second-order valence-electron chi connectivity index (χ2n) is 7.97. The second-order valence-corrected chi connectivity index (χ2v) is 10.4. The van der Waals surface area contributed by atoms with Gasteiger partial charge in [0.15, 0.2) is 0 Å². The molecule has 0 atom stereocenters. The number of nitrogens with zero attached hydrogens (tertiary/aromatic N) is 1. The third-order valence-corrected chi connectivity index (χ3v) is 7.77. The minimum Gasteiger partial charge on any atom is -0.288 e.